The summed E-state index contributed by atoms with van der Waals surface area (Å²) in [4.78, 5) is 12.0. The number of halogens is 1. The van der Waals surface area contributed by atoms with Crippen molar-refractivity contribution in [3.8, 4) is 0 Å². The van der Waals surface area contributed by atoms with Crippen LogP contribution in [-0.4, -0.2) is 23.5 Å². The summed E-state index contributed by atoms with van der Waals surface area (Å²) < 4.78 is 0. The van der Waals surface area contributed by atoms with Crippen molar-refractivity contribution in [2.24, 2.45) is 0 Å². The van der Waals surface area contributed by atoms with Gasteiger partial charge in [0.15, 0.2) is 0 Å². The van der Waals surface area contributed by atoms with Gasteiger partial charge in [0.25, 0.3) is 5.91 Å². The fraction of sp³-hybridized carbons (Fsp3) is 0.417. The molecule has 1 aromatic carbocycles. The molecule has 1 fully saturated rings. The van der Waals surface area contributed by atoms with Gasteiger partial charge in [0, 0.05) is 11.6 Å². The summed E-state index contributed by atoms with van der Waals surface area (Å²) in [5.74, 6) is 2.17. The monoisotopic (exact) mass is 270 g/mol. The number of nitrogens with two attached hydrogens (primary N) is 1. The summed E-state index contributed by atoms with van der Waals surface area (Å²) in [7, 11) is 0. The van der Waals surface area contributed by atoms with Crippen LogP contribution in [0.15, 0.2) is 18.2 Å². The number of thioether (sulfide) groups is 1. The highest BCUT2D eigenvalue weighted by Gasteiger charge is 2.17. The lowest BCUT2D eigenvalue weighted by Crippen LogP contribution is -2.37. The first-order valence-corrected chi connectivity index (χ1v) is 7.14. The smallest absolute Gasteiger partial charge is 0.251 e. The number of hydrogen-bond donors (Lipinski definition) is 2. The SMILES string of the molecule is Nc1ccc(C(=O)NC2CCSCC2)cc1Cl. The van der Waals surface area contributed by atoms with Crippen LogP contribution in [0.4, 0.5) is 5.69 Å². The van der Waals surface area contributed by atoms with E-state index in [1.807, 2.05) is 11.8 Å². The van der Waals surface area contributed by atoms with Crippen molar-refractivity contribution in [3.63, 3.8) is 0 Å². The number of hydrogen-bond acceptors (Lipinski definition) is 3. The van der Waals surface area contributed by atoms with E-state index in [9.17, 15) is 4.79 Å². The zero-order valence-electron chi connectivity index (χ0n) is 9.41. The Hall–Kier alpha value is -0.870. The second-order valence-corrected chi connectivity index (χ2v) is 5.73. The molecule has 3 N–H and O–H groups in total. The summed E-state index contributed by atoms with van der Waals surface area (Å²) in [6.45, 7) is 0. The molecular weight excluding hydrogens is 256 g/mol. The Bertz CT molecular complexity index is 419. The van der Waals surface area contributed by atoms with Gasteiger partial charge in [-0.1, -0.05) is 11.6 Å². The summed E-state index contributed by atoms with van der Waals surface area (Å²) in [5.41, 5.74) is 6.68. The number of carbonyl (C=O) groups is 1. The van der Waals surface area contributed by atoms with Gasteiger partial charge in [-0.05, 0) is 42.5 Å². The first kappa shape index (κ1) is 12.6. The Morgan fingerprint density at radius 3 is 2.76 bits per heavy atom. The highest BCUT2D eigenvalue weighted by atomic mass is 35.5. The van der Waals surface area contributed by atoms with Crippen LogP contribution in [-0.2, 0) is 0 Å². The predicted molar refractivity (Wildman–Crippen MR) is 73.7 cm³/mol. The van der Waals surface area contributed by atoms with E-state index in [0.29, 0.717) is 22.3 Å². The van der Waals surface area contributed by atoms with Crippen LogP contribution in [0.25, 0.3) is 0 Å². The molecule has 1 aliphatic rings. The van der Waals surface area contributed by atoms with Crippen LogP contribution in [0.3, 0.4) is 0 Å². The van der Waals surface area contributed by atoms with Gasteiger partial charge >= 0.3 is 0 Å². The van der Waals surface area contributed by atoms with E-state index in [2.05, 4.69) is 5.32 Å². The number of anilines is 1. The average molecular weight is 271 g/mol. The van der Waals surface area contributed by atoms with E-state index in [-0.39, 0.29) is 5.91 Å². The van der Waals surface area contributed by atoms with Crippen LogP contribution < -0.4 is 11.1 Å². The van der Waals surface area contributed by atoms with E-state index in [1.54, 1.807) is 18.2 Å². The Morgan fingerprint density at radius 2 is 2.12 bits per heavy atom. The minimum Gasteiger partial charge on any atom is -0.398 e. The Labute approximate surface area is 110 Å². The van der Waals surface area contributed by atoms with Crippen molar-refractivity contribution < 1.29 is 4.79 Å². The van der Waals surface area contributed by atoms with Crippen molar-refractivity contribution in [3.05, 3.63) is 28.8 Å². The molecule has 0 atom stereocenters. The largest absolute Gasteiger partial charge is 0.398 e. The summed E-state index contributed by atoms with van der Waals surface area (Å²) in [5, 5.41) is 3.46. The molecule has 0 unspecified atom stereocenters. The molecule has 0 saturated carbocycles. The molecule has 17 heavy (non-hydrogen) atoms. The van der Waals surface area contributed by atoms with Crippen molar-refractivity contribution in [2.45, 2.75) is 18.9 Å². The fourth-order valence-electron chi connectivity index (χ4n) is 1.78. The molecule has 5 heteroatoms. The standard InChI is InChI=1S/C12H15ClN2OS/c13-10-7-8(1-2-11(10)14)12(16)15-9-3-5-17-6-4-9/h1-2,7,9H,3-6,14H2,(H,15,16). The highest BCUT2D eigenvalue weighted by molar-refractivity contribution is 7.99. The molecule has 0 aliphatic carbocycles. The maximum Gasteiger partial charge on any atom is 0.251 e. The molecular formula is C12H15ClN2OS. The average Bonchev–Trinajstić information content (AvgIpc) is 2.34. The zero-order chi connectivity index (χ0) is 12.3. The number of amides is 1. The lowest BCUT2D eigenvalue weighted by molar-refractivity contribution is 0.0935. The van der Waals surface area contributed by atoms with E-state index in [4.69, 9.17) is 17.3 Å². The third kappa shape index (κ3) is 3.30. The maximum atomic E-state index is 12.0. The lowest BCUT2D eigenvalue weighted by Gasteiger charge is -2.22. The minimum atomic E-state index is -0.0659. The van der Waals surface area contributed by atoms with Gasteiger partial charge in [0.05, 0.1) is 10.7 Å². The van der Waals surface area contributed by atoms with Gasteiger partial charge in [0.2, 0.25) is 0 Å². The second-order valence-electron chi connectivity index (χ2n) is 4.10. The van der Waals surface area contributed by atoms with Crippen molar-refractivity contribution in [2.75, 3.05) is 17.2 Å². The molecule has 1 aromatic rings. The Balaban J connectivity index is 2.01. The maximum absolute atomic E-state index is 12.0. The zero-order valence-corrected chi connectivity index (χ0v) is 11.0. The van der Waals surface area contributed by atoms with Crippen molar-refractivity contribution in [1.29, 1.82) is 0 Å². The molecule has 0 bridgehead atoms. The first-order chi connectivity index (χ1) is 8.16. The van der Waals surface area contributed by atoms with Crippen LogP contribution >= 0.6 is 23.4 Å². The summed E-state index contributed by atoms with van der Waals surface area (Å²) in [6, 6.07) is 5.27. The molecule has 92 valence electrons. The van der Waals surface area contributed by atoms with E-state index < -0.39 is 0 Å². The highest BCUT2D eigenvalue weighted by Crippen LogP contribution is 2.21. The normalized spacial score (nSPS) is 16.8. The fourth-order valence-corrected chi connectivity index (χ4v) is 3.07. The van der Waals surface area contributed by atoms with Gasteiger partial charge in [-0.3, -0.25) is 4.79 Å². The van der Waals surface area contributed by atoms with Gasteiger partial charge in [-0.15, -0.1) is 0 Å². The second kappa shape index (κ2) is 5.65. The molecule has 1 heterocycles. The topological polar surface area (TPSA) is 55.1 Å². The van der Waals surface area contributed by atoms with Crippen LogP contribution in [0.2, 0.25) is 5.02 Å². The molecule has 0 radical (unpaired) electrons. The van der Waals surface area contributed by atoms with Crippen molar-refractivity contribution in [1.82, 2.24) is 5.32 Å². The van der Waals surface area contributed by atoms with E-state index in [1.165, 1.54) is 0 Å². The lowest BCUT2D eigenvalue weighted by atomic mass is 10.1. The summed E-state index contributed by atoms with van der Waals surface area (Å²) in [6.07, 6.45) is 2.08. The van der Waals surface area contributed by atoms with E-state index >= 15 is 0 Å². The first-order valence-electron chi connectivity index (χ1n) is 5.60. The van der Waals surface area contributed by atoms with E-state index in [0.717, 1.165) is 24.3 Å². The Kier molecular flexibility index (Phi) is 4.18. The number of nitrogen functional groups attached to an aromatic ring is 1. The number of carbonyl (C=O) groups excluding carboxylic acids is 1. The summed E-state index contributed by atoms with van der Waals surface area (Å²) >= 11 is 7.83. The van der Waals surface area contributed by atoms with Crippen LogP contribution in [0, 0.1) is 0 Å². The van der Waals surface area contributed by atoms with Crippen LogP contribution in [0.5, 0.6) is 0 Å². The van der Waals surface area contributed by atoms with Crippen molar-refractivity contribution >= 4 is 35.0 Å². The molecule has 1 aliphatic heterocycles. The molecule has 1 saturated heterocycles. The van der Waals surface area contributed by atoms with Gasteiger partial charge < -0.3 is 11.1 Å². The third-order valence-electron chi connectivity index (χ3n) is 2.82. The van der Waals surface area contributed by atoms with Gasteiger partial charge in [-0.2, -0.15) is 11.8 Å². The Morgan fingerprint density at radius 1 is 1.41 bits per heavy atom. The predicted octanol–water partition coefficient (Wildman–Crippen LogP) is 2.55. The number of nitrogens with one attached hydrogen (secondary N) is 1. The number of rotatable bonds is 2. The molecule has 0 aromatic heterocycles. The van der Waals surface area contributed by atoms with Gasteiger partial charge in [0.1, 0.15) is 0 Å². The molecule has 3 nitrogen and oxygen atoms in total. The molecule has 1 amide bonds. The molecule has 0 spiro atoms. The molecule has 2 rings (SSSR count). The van der Waals surface area contributed by atoms with Crippen LogP contribution in [0.1, 0.15) is 23.2 Å². The number of benzene rings is 1. The van der Waals surface area contributed by atoms with Gasteiger partial charge in [-0.25, -0.2) is 0 Å². The third-order valence-corrected chi connectivity index (χ3v) is 4.20. The quantitative estimate of drug-likeness (QED) is 0.812. The minimum absolute atomic E-state index is 0.0659.